The number of anilines is 2. The zero-order valence-corrected chi connectivity index (χ0v) is 18.1. The number of rotatable bonds is 7. The molecule has 0 aromatic heterocycles. The highest BCUT2D eigenvalue weighted by Gasteiger charge is 2.19. The second-order valence-corrected chi connectivity index (χ2v) is 7.64. The minimum absolute atomic E-state index is 0.0988. The molecule has 3 aromatic rings. The van der Waals surface area contributed by atoms with Crippen molar-refractivity contribution >= 4 is 44.7 Å². The van der Waals surface area contributed by atoms with Crippen LogP contribution < -0.4 is 5.32 Å². The lowest BCUT2D eigenvalue weighted by molar-refractivity contribution is 0.103. The van der Waals surface area contributed by atoms with Gasteiger partial charge in [-0.3, -0.25) is 4.79 Å². The third-order valence-electron chi connectivity index (χ3n) is 4.42. The normalized spacial score (nSPS) is 10.7. The standard InChI is InChI=1S/C23H21BrClNO2/c1-3-28-14-16-9-5-7-11-21(16)26-17-12-19(24)22(20(25)13-17)23(27)18-10-6-4-8-15(18)2/h4-13,26H,3,14H2,1-2H3. The predicted molar refractivity (Wildman–Crippen MR) is 119 cm³/mol. The number of carbonyl (C=O) groups excluding carboxylic acids is 1. The molecule has 0 radical (unpaired) electrons. The molecular weight excluding hydrogens is 438 g/mol. The van der Waals surface area contributed by atoms with Crippen LogP contribution in [0.2, 0.25) is 5.02 Å². The summed E-state index contributed by atoms with van der Waals surface area (Å²) >= 11 is 10.0. The number of ether oxygens (including phenoxy) is 1. The van der Waals surface area contributed by atoms with Gasteiger partial charge in [0.05, 0.1) is 17.2 Å². The molecule has 28 heavy (non-hydrogen) atoms. The molecule has 3 rings (SSSR count). The third kappa shape index (κ3) is 4.64. The lowest BCUT2D eigenvalue weighted by Crippen LogP contribution is -2.06. The van der Waals surface area contributed by atoms with Gasteiger partial charge in [0.25, 0.3) is 0 Å². The van der Waals surface area contributed by atoms with Crippen molar-refractivity contribution in [2.24, 2.45) is 0 Å². The van der Waals surface area contributed by atoms with E-state index in [4.69, 9.17) is 16.3 Å². The summed E-state index contributed by atoms with van der Waals surface area (Å²) in [6, 6.07) is 19.1. The van der Waals surface area contributed by atoms with E-state index in [0.29, 0.717) is 33.8 Å². The van der Waals surface area contributed by atoms with Crippen molar-refractivity contribution in [3.05, 3.63) is 92.4 Å². The van der Waals surface area contributed by atoms with E-state index in [1.54, 1.807) is 6.07 Å². The van der Waals surface area contributed by atoms with Crippen molar-refractivity contribution in [1.82, 2.24) is 0 Å². The lowest BCUT2D eigenvalue weighted by atomic mass is 9.99. The minimum Gasteiger partial charge on any atom is -0.377 e. The first kappa shape index (κ1) is 20.6. The first-order valence-corrected chi connectivity index (χ1v) is 10.2. The maximum absolute atomic E-state index is 13.0. The van der Waals surface area contributed by atoms with Crippen LogP contribution in [0.25, 0.3) is 0 Å². The summed E-state index contributed by atoms with van der Waals surface area (Å²) < 4.78 is 6.19. The molecule has 0 saturated carbocycles. The largest absolute Gasteiger partial charge is 0.377 e. The predicted octanol–water partition coefficient (Wildman–Crippen LogP) is 6.92. The van der Waals surface area contributed by atoms with Crippen LogP contribution in [0.15, 0.2) is 65.1 Å². The highest BCUT2D eigenvalue weighted by Crippen LogP contribution is 2.33. The SMILES string of the molecule is CCOCc1ccccc1Nc1cc(Cl)c(C(=O)c2ccccc2C)c(Br)c1. The van der Waals surface area contributed by atoms with Gasteiger partial charge < -0.3 is 10.1 Å². The van der Waals surface area contributed by atoms with E-state index in [-0.39, 0.29) is 5.78 Å². The Bertz CT molecular complexity index is 980. The highest BCUT2D eigenvalue weighted by atomic mass is 79.9. The fourth-order valence-electron chi connectivity index (χ4n) is 2.96. The van der Waals surface area contributed by atoms with Crippen molar-refractivity contribution in [3.8, 4) is 0 Å². The first-order valence-electron chi connectivity index (χ1n) is 9.03. The lowest BCUT2D eigenvalue weighted by Gasteiger charge is -2.15. The van der Waals surface area contributed by atoms with E-state index in [1.807, 2.05) is 68.4 Å². The Morgan fingerprint density at radius 2 is 1.82 bits per heavy atom. The molecule has 0 saturated heterocycles. The second-order valence-electron chi connectivity index (χ2n) is 6.38. The number of benzene rings is 3. The maximum atomic E-state index is 13.0. The van der Waals surface area contributed by atoms with Crippen LogP contribution in [0.4, 0.5) is 11.4 Å². The van der Waals surface area contributed by atoms with Crippen LogP contribution in [-0.4, -0.2) is 12.4 Å². The summed E-state index contributed by atoms with van der Waals surface area (Å²) in [5.41, 5.74) is 4.82. The first-order chi connectivity index (χ1) is 13.5. The number of aryl methyl sites for hydroxylation is 1. The molecule has 0 aliphatic rings. The monoisotopic (exact) mass is 457 g/mol. The summed E-state index contributed by atoms with van der Waals surface area (Å²) in [6.07, 6.45) is 0. The molecular formula is C23H21BrClNO2. The van der Waals surface area contributed by atoms with E-state index >= 15 is 0 Å². The van der Waals surface area contributed by atoms with E-state index in [2.05, 4.69) is 21.2 Å². The minimum atomic E-state index is -0.0988. The van der Waals surface area contributed by atoms with E-state index < -0.39 is 0 Å². The van der Waals surface area contributed by atoms with Crippen molar-refractivity contribution in [2.75, 3.05) is 11.9 Å². The van der Waals surface area contributed by atoms with Gasteiger partial charge in [-0.25, -0.2) is 0 Å². The van der Waals surface area contributed by atoms with Gasteiger partial charge >= 0.3 is 0 Å². The Labute approximate surface area is 178 Å². The fraction of sp³-hybridized carbons (Fsp3) is 0.174. The van der Waals surface area contributed by atoms with Crippen molar-refractivity contribution < 1.29 is 9.53 Å². The van der Waals surface area contributed by atoms with Crippen molar-refractivity contribution in [3.63, 3.8) is 0 Å². The van der Waals surface area contributed by atoms with Gasteiger partial charge in [-0.15, -0.1) is 0 Å². The van der Waals surface area contributed by atoms with Gasteiger partial charge in [0.2, 0.25) is 0 Å². The average molecular weight is 459 g/mol. The number of hydrogen-bond donors (Lipinski definition) is 1. The van der Waals surface area contributed by atoms with Crippen LogP contribution in [0.5, 0.6) is 0 Å². The Hall–Kier alpha value is -2.14. The Morgan fingerprint density at radius 3 is 2.54 bits per heavy atom. The molecule has 0 aliphatic carbocycles. The van der Waals surface area contributed by atoms with Gasteiger partial charge in [0, 0.05) is 33.6 Å². The number of nitrogens with one attached hydrogen (secondary N) is 1. The summed E-state index contributed by atoms with van der Waals surface area (Å²) in [4.78, 5) is 13.0. The Balaban J connectivity index is 1.91. The third-order valence-corrected chi connectivity index (χ3v) is 5.34. The van der Waals surface area contributed by atoms with Crippen LogP contribution >= 0.6 is 27.5 Å². The van der Waals surface area contributed by atoms with Crippen LogP contribution in [0.3, 0.4) is 0 Å². The molecule has 144 valence electrons. The van der Waals surface area contributed by atoms with Gasteiger partial charge in [-0.05, 0) is 53.5 Å². The summed E-state index contributed by atoms with van der Waals surface area (Å²) in [7, 11) is 0. The number of hydrogen-bond acceptors (Lipinski definition) is 3. The molecule has 3 aromatic carbocycles. The molecule has 3 nitrogen and oxygen atoms in total. The van der Waals surface area contributed by atoms with E-state index in [9.17, 15) is 4.79 Å². The van der Waals surface area contributed by atoms with Gasteiger partial charge in [0.15, 0.2) is 5.78 Å². The number of ketones is 1. The molecule has 0 amide bonds. The molecule has 0 spiro atoms. The Morgan fingerprint density at radius 1 is 1.11 bits per heavy atom. The van der Waals surface area contributed by atoms with Crippen molar-refractivity contribution in [1.29, 1.82) is 0 Å². The van der Waals surface area contributed by atoms with Gasteiger partial charge in [-0.2, -0.15) is 0 Å². The maximum Gasteiger partial charge on any atom is 0.195 e. The smallest absolute Gasteiger partial charge is 0.195 e. The Kier molecular flexibility index (Phi) is 6.89. The zero-order chi connectivity index (χ0) is 20.1. The van der Waals surface area contributed by atoms with Crippen molar-refractivity contribution in [2.45, 2.75) is 20.5 Å². The molecule has 0 unspecified atom stereocenters. The zero-order valence-electron chi connectivity index (χ0n) is 15.8. The topological polar surface area (TPSA) is 38.3 Å². The number of carbonyl (C=O) groups is 1. The fourth-order valence-corrected chi connectivity index (χ4v) is 4.02. The molecule has 0 heterocycles. The van der Waals surface area contributed by atoms with Gasteiger partial charge in [0.1, 0.15) is 0 Å². The van der Waals surface area contributed by atoms with Crippen LogP contribution in [-0.2, 0) is 11.3 Å². The summed E-state index contributed by atoms with van der Waals surface area (Å²) in [6.45, 7) is 5.07. The molecule has 0 bridgehead atoms. The van der Waals surface area contributed by atoms with Crippen LogP contribution in [0, 0.1) is 6.92 Å². The summed E-state index contributed by atoms with van der Waals surface area (Å²) in [5, 5.41) is 3.77. The average Bonchev–Trinajstić information content (AvgIpc) is 2.67. The van der Waals surface area contributed by atoms with Gasteiger partial charge in [-0.1, -0.05) is 54.1 Å². The number of para-hydroxylation sites is 1. The molecule has 0 aliphatic heterocycles. The molecule has 5 heteroatoms. The highest BCUT2D eigenvalue weighted by molar-refractivity contribution is 9.10. The summed E-state index contributed by atoms with van der Waals surface area (Å²) in [5.74, 6) is -0.0988. The molecule has 1 N–H and O–H groups in total. The van der Waals surface area contributed by atoms with E-state index in [1.165, 1.54) is 0 Å². The number of halogens is 2. The van der Waals surface area contributed by atoms with E-state index in [0.717, 1.165) is 22.5 Å². The molecule has 0 fully saturated rings. The van der Waals surface area contributed by atoms with Crippen LogP contribution in [0.1, 0.15) is 34.0 Å². The molecule has 0 atom stereocenters. The second kappa shape index (κ2) is 9.37. The quantitative estimate of drug-likeness (QED) is 0.390.